The summed E-state index contributed by atoms with van der Waals surface area (Å²) in [5.74, 6) is 0.916. The van der Waals surface area contributed by atoms with Crippen molar-refractivity contribution >= 4 is 5.69 Å². The zero-order valence-electron chi connectivity index (χ0n) is 12.5. The van der Waals surface area contributed by atoms with Gasteiger partial charge in [-0.05, 0) is 55.7 Å². The molecule has 0 aliphatic heterocycles. The number of anilines is 1. The molecule has 0 amide bonds. The molecule has 2 nitrogen and oxygen atoms in total. The molecular formula is C18H23NO. The van der Waals surface area contributed by atoms with Crippen molar-refractivity contribution in [2.45, 2.75) is 39.8 Å². The Labute approximate surface area is 121 Å². The van der Waals surface area contributed by atoms with Gasteiger partial charge in [0.15, 0.2) is 0 Å². The van der Waals surface area contributed by atoms with E-state index in [0.717, 1.165) is 24.4 Å². The zero-order chi connectivity index (χ0) is 14.4. The first kappa shape index (κ1) is 14.4. The molecule has 0 fully saturated rings. The molecule has 2 rings (SSSR count). The van der Waals surface area contributed by atoms with E-state index in [1.54, 1.807) is 0 Å². The molecule has 0 heterocycles. The van der Waals surface area contributed by atoms with Crippen LogP contribution in [0.4, 0.5) is 5.69 Å². The predicted octanol–water partition coefficient (Wildman–Crippen LogP) is 4.65. The van der Waals surface area contributed by atoms with Gasteiger partial charge in [-0.25, -0.2) is 0 Å². The van der Waals surface area contributed by atoms with Crippen molar-refractivity contribution in [1.82, 2.24) is 0 Å². The molecule has 0 saturated heterocycles. The molecule has 0 saturated carbocycles. The number of hydrogen-bond acceptors (Lipinski definition) is 2. The van der Waals surface area contributed by atoms with Gasteiger partial charge in [-0.15, -0.1) is 0 Å². The minimum atomic E-state index is 0.213. The van der Waals surface area contributed by atoms with Crippen LogP contribution < -0.4 is 10.1 Å². The van der Waals surface area contributed by atoms with Gasteiger partial charge in [0, 0.05) is 12.2 Å². The van der Waals surface area contributed by atoms with Crippen LogP contribution in [0.3, 0.4) is 0 Å². The second-order valence-electron chi connectivity index (χ2n) is 5.17. The minimum Gasteiger partial charge on any atom is -0.491 e. The summed E-state index contributed by atoms with van der Waals surface area (Å²) in [4.78, 5) is 0. The maximum Gasteiger partial charge on any atom is 0.119 e. The second-order valence-corrected chi connectivity index (χ2v) is 5.17. The van der Waals surface area contributed by atoms with Crippen LogP contribution in [0.5, 0.6) is 5.75 Å². The highest BCUT2D eigenvalue weighted by atomic mass is 16.5. The van der Waals surface area contributed by atoms with E-state index in [-0.39, 0.29) is 6.10 Å². The summed E-state index contributed by atoms with van der Waals surface area (Å²) in [5, 5.41) is 3.46. The van der Waals surface area contributed by atoms with Crippen molar-refractivity contribution in [2.75, 3.05) is 5.32 Å². The number of benzene rings is 2. The van der Waals surface area contributed by atoms with Gasteiger partial charge in [0.25, 0.3) is 0 Å². The van der Waals surface area contributed by atoms with E-state index in [9.17, 15) is 0 Å². The lowest BCUT2D eigenvalue weighted by molar-refractivity contribution is 0.242. The summed E-state index contributed by atoms with van der Waals surface area (Å²) in [5.41, 5.74) is 3.88. The van der Waals surface area contributed by atoms with Crippen molar-refractivity contribution in [3.05, 3.63) is 59.7 Å². The Morgan fingerprint density at radius 3 is 2.20 bits per heavy atom. The number of nitrogens with one attached hydrogen (secondary N) is 1. The Hall–Kier alpha value is -1.96. The van der Waals surface area contributed by atoms with Gasteiger partial charge in [0.05, 0.1) is 6.10 Å². The third-order valence-electron chi connectivity index (χ3n) is 3.21. The predicted molar refractivity (Wildman–Crippen MR) is 85.4 cm³/mol. The fourth-order valence-corrected chi connectivity index (χ4v) is 2.20. The first-order valence-electron chi connectivity index (χ1n) is 7.26. The van der Waals surface area contributed by atoms with Gasteiger partial charge >= 0.3 is 0 Å². The number of hydrogen-bond donors (Lipinski definition) is 1. The van der Waals surface area contributed by atoms with E-state index in [1.807, 2.05) is 26.0 Å². The Morgan fingerprint density at radius 1 is 0.950 bits per heavy atom. The molecule has 20 heavy (non-hydrogen) atoms. The molecule has 0 aliphatic carbocycles. The lowest BCUT2D eigenvalue weighted by Gasteiger charge is -2.12. The quantitative estimate of drug-likeness (QED) is 0.824. The van der Waals surface area contributed by atoms with E-state index in [0.29, 0.717) is 0 Å². The average molecular weight is 269 g/mol. The Balaban J connectivity index is 1.97. The molecule has 0 unspecified atom stereocenters. The normalized spacial score (nSPS) is 10.6. The van der Waals surface area contributed by atoms with E-state index in [1.165, 1.54) is 11.1 Å². The van der Waals surface area contributed by atoms with Crippen LogP contribution in [0.25, 0.3) is 0 Å². The minimum absolute atomic E-state index is 0.213. The molecule has 1 N–H and O–H groups in total. The summed E-state index contributed by atoms with van der Waals surface area (Å²) in [6.07, 6.45) is 1.28. The third kappa shape index (κ3) is 4.02. The Morgan fingerprint density at radius 2 is 1.60 bits per heavy atom. The van der Waals surface area contributed by atoms with Crippen LogP contribution in [0.1, 0.15) is 31.9 Å². The molecule has 2 heteroatoms. The van der Waals surface area contributed by atoms with Gasteiger partial charge < -0.3 is 10.1 Å². The topological polar surface area (TPSA) is 21.3 Å². The van der Waals surface area contributed by atoms with Crippen LogP contribution >= 0.6 is 0 Å². The maximum atomic E-state index is 5.64. The molecule has 0 bridgehead atoms. The molecule has 106 valence electrons. The molecule has 2 aromatic carbocycles. The Kier molecular flexibility index (Phi) is 5.05. The SMILES string of the molecule is CCc1ccccc1CNc1ccc(OC(C)C)cc1. The van der Waals surface area contributed by atoms with E-state index in [2.05, 4.69) is 48.6 Å². The van der Waals surface area contributed by atoms with Gasteiger partial charge in [-0.2, -0.15) is 0 Å². The monoisotopic (exact) mass is 269 g/mol. The Bertz CT molecular complexity index is 531. The van der Waals surface area contributed by atoms with Crippen molar-refractivity contribution < 1.29 is 4.74 Å². The van der Waals surface area contributed by atoms with Crippen LogP contribution in [0.2, 0.25) is 0 Å². The number of ether oxygens (including phenoxy) is 1. The zero-order valence-corrected chi connectivity index (χ0v) is 12.5. The summed E-state index contributed by atoms with van der Waals surface area (Å²) >= 11 is 0. The van der Waals surface area contributed by atoms with Crippen LogP contribution in [0.15, 0.2) is 48.5 Å². The lowest BCUT2D eigenvalue weighted by Crippen LogP contribution is -2.06. The average Bonchev–Trinajstić information content (AvgIpc) is 2.46. The highest BCUT2D eigenvalue weighted by molar-refractivity contribution is 5.47. The summed E-state index contributed by atoms with van der Waals surface area (Å²) in [6.45, 7) is 7.12. The molecule has 0 aliphatic rings. The molecule has 2 aromatic rings. The van der Waals surface area contributed by atoms with Crippen molar-refractivity contribution in [1.29, 1.82) is 0 Å². The summed E-state index contributed by atoms with van der Waals surface area (Å²) < 4.78 is 5.64. The molecule has 0 radical (unpaired) electrons. The van der Waals surface area contributed by atoms with Crippen LogP contribution in [0, 0.1) is 0 Å². The standard InChI is InChI=1S/C18H23NO/c1-4-15-7-5-6-8-16(15)13-19-17-9-11-18(12-10-17)20-14(2)3/h5-12,14,19H,4,13H2,1-3H3. The number of aryl methyl sites for hydroxylation is 1. The first-order chi connectivity index (χ1) is 9.69. The molecule has 0 aromatic heterocycles. The molecule has 0 atom stereocenters. The lowest BCUT2D eigenvalue weighted by atomic mass is 10.1. The highest BCUT2D eigenvalue weighted by Gasteiger charge is 2.01. The van der Waals surface area contributed by atoms with Gasteiger partial charge in [0.1, 0.15) is 5.75 Å². The van der Waals surface area contributed by atoms with Crippen molar-refractivity contribution in [3.8, 4) is 5.75 Å². The second kappa shape index (κ2) is 6.99. The van der Waals surface area contributed by atoms with Gasteiger partial charge in [-0.3, -0.25) is 0 Å². The smallest absolute Gasteiger partial charge is 0.119 e. The maximum absolute atomic E-state index is 5.64. The molecular weight excluding hydrogens is 246 g/mol. The van der Waals surface area contributed by atoms with E-state index >= 15 is 0 Å². The van der Waals surface area contributed by atoms with Crippen LogP contribution in [-0.4, -0.2) is 6.10 Å². The highest BCUT2D eigenvalue weighted by Crippen LogP contribution is 2.18. The fourth-order valence-electron chi connectivity index (χ4n) is 2.20. The van der Waals surface area contributed by atoms with Gasteiger partial charge in [0.2, 0.25) is 0 Å². The van der Waals surface area contributed by atoms with Crippen molar-refractivity contribution in [3.63, 3.8) is 0 Å². The first-order valence-corrected chi connectivity index (χ1v) is 7.26. The van der Waals surface area contributed by atoms with Gasteiger partial charge in [-0.1, -0.05) is 31.2 Å². The number of rotatable bonds is 6. The third-order valence-corrected chi connectivity index (χ3v) is 3.21. The molecule has 0 spiro atoms. The van der Waals surface area contributed by atoms with Crippen molar-refractivity contribution in [2.24, 2.45) is 0 Å². The van der Waals surface area contributed by atoms with Crippen LogP contribution in [-0.2, 0) is 13.0 Å². The fraction of sp³-hybridized carbons (Fsp3) is 0.333. The largest absolute Gasteiger partial charge is 0.491 e. The summed E-state index contributed by atoms with van der Waals surface area (Å²) in [7, 11) is 0. The summed E-state index contributed by atoms with van der Waals surface area (Å²) in [6, 6.07) is 16.7. The van der Waals surface area contributed by atoms with E-state index in [4.69, 9.17) is 4.74 Å². The van der Waals surface area contributed by atoms with E-state index < -0.39 is 0 Å².